The van der Waals surface area contributed by atoms with Gasteiger partial charge in [0.2, 0.25) is 0 Å². The van der Waals surface area contributed by atoms with Crippen LogP contribution in [-0.2, 0) is 0 Å². The Kier molecular flexibility index (Phi) is 4.32. The van der Waals surface area contributed by atoms with Crippen LogP contribution in [0.5, 0.6) is 0 Å². The maximum absolute atomic E-state index is 11.2. The zero-order valence-corrected chi connectivity index (χ0v) is 13.0. The highest BCUT2D eigenvalue weighted by molar-refractivity contribution is 9.10. The standard InChI is InChI=1S/C15H13BrO2S/c1-9-3-4-10(2)13(7-9)19-14-8-11(16)5-6-12(14)15(17)18/h3-8H,1-2H3,(H,17,18). The van der Waals surface area contributed by atoms with E-state index in [1.54, 1.807) is 12.1 Å². The molecule has 98 valence electrons. The summed E-state index contributed by atoms with van der Waals surface area (Å²) in [5, 5.41) is 9.23. The van der Waals surface area contributed by atoms with Crippen molar-refractivity contribution in [3.8, 4) is 0 Å². The fourth-order valence-corrected chi connectivity index (χ4v) is 3.37. The number of carboxylic acids is 1. The van der Waals surface area contributed by atoms with Crippen molar-refractivity contribution in [2.45, 2.75) is 23.6 Å². The maximum atomic E-state index is 11.2. The zero-order chi connectivity index (χ0) is 14.0. The highest BCUT2D eigenvalue weighted by Gasteiger charge is 2.12. The van der Waals surface area contributed by atoms with Crippen LogP contribution in [0.15, 0.2) is 50.7 Å². The van der Waals surface area contributed by atoms with Crippen molar-refractivity contribution < 1.29 is 9.90 Å². The molecule has 0 unspecified atom stereocenters. The molecule has 0 amide bonds. The van der Waals surface area contributed by atoms with Gasteiger partial charge < -0.3 is 5.11 Å². The van der Waals surface area contributed by atoms with Crippen LogP contribution < -0.4 is 0 Å². The third-order valence-electron chi connectivity index (χ3n) is 2.74. The Morgan fingerprint density at radius 2 is 1.84 bits per heavy atom. The quantitative estimate of drug-likeness (QED) is 0.864. The average Bonchev–Trinajstić information content (AvgIpc) is 2.33. The lowest BCUT2D eigenvalue weighted by atomic mass is 10.2. The molecule has 0 fully saturated rings. The second-order valence-corrected chi connectivity index (χ2v) is 6.32. The van der Waals surface area contributed by atoms with Crippen LogP contribution in [0.4, 0.5) is 0 Å². The van der Waals surface area contributed by atoms with Gasteiger partial charge in [-0.2, -0.15) is 0 Å². The maximum Gasteiger partial charge on any atom is 0.336 e. The van der Waals surface area contributed by atoms with Crippen molar-refractivity contribution in [1.29, 1.82) is 0 Å². The van der Waals surface area contributed by atoms with Crippen molar-refractivity contribution in [2.24, 2.45) is 0 Å². The summed E-state index contributed by atoms with van der Waals surface area (Å²) in [7, 11) is 0. The molecule has 19 heavy (non-hydrogen) atoms. The van der Waals surface area contributed by atoms with Gasteiger partial charge in [0, 0.05) is 14.3 Å². The minimum atomic E-state index is -0.902. The highest BCUT2D eigenvalue weighted by Crippen LogP contribution is 2.34. The number of hydrogen-bond donors (Lipinski definition) is 1. The molecule has 0 aliphatic rings. The molecular formula is C15H13BrO2S. The average molecular weight is 337 g/mol. The van der Waals surface area contributed by atoms with Crippen LogP contribution >= 0.6 is 27.7 Å². The predicted molar refractivity (Wildman–Crippen MR) is 81.1 cm³/mol. The summed E-state index contributed by atoms with van der Waals surface area (Å²) in [5.41, 5.74) is 2.64. The van der Waals surface area contributed by atoms with E-state index in [0.29, 0.717) is 5.56 Å². The van der Waals surface area contributed by atoms with Gasteiger partial charge in [-0.25, -0.2) is 4.79 Å². The molecule has 0 spiro atoms. The molecule has 0 aliphatic carbocycles. The lowest BCUT2D eigenvalue weighted by Crippen LogP contribution is -1.98. The Labute approximate surface area is 125 Å². The molecule has 2 nitrogen and oxygen atoms in total. The lowest BCUT2D eigenvalue weighted by Gasteiger charge is -2.09. The topological polar surface area (TPSA) is 37.3 Å². The molecule has 4 heteroatoms. The van der Waals surface area contributed by atoms with E-state index < -0.39 is 5.97 Å². The van der Waals surface area contributed by atoms with E-state index in [4.69, 9.17) is 0 Å². The van der Waals surface area contributed by atoms with Gasteiger partial charge in [0.05, 0.1) is 5.56 Å². The van der Waals surface area contributed by atoms with E-state index in [1.807, 2.05) is 19.9 Å². The number of benzene rings is 2. The fraction of sp³-hybridized carbons (Fsp3) is 0.133. The number of carbonyl (C=O) groups is 1. The minimum absolute atomic E-state index is 0.328. The molecule has 2 aromatic rings. The normalized spacial score (nSPS) is 10.5. The van der Waals surface area contributed by atoms with Gasteiger partial charge >= 0.3 is 5.97 Å². The number of aromatic carboxylic acids is 1. The molecule has 2 aromatic carbocycles. The fourth-order valence-electron chi connectivity index (χ4n) is 1.69. The largest absolute Gasteiger partial charge is 0.478 e. The first-order valence-electron chi connectivity index (χ1n) is 5.75. The molecule has 0 aliphatic heterocycles. The Balaban J connectivity index is 2.45. The second kappa shape index (κ2) is 5.80. The van der Waals surface area contributed by atoms with Gasteiger partial charge in [-0.1, -0.05) is 39.8 Å². The van der Waals surface area contributed by atoms with E-state index in [-0.39, 0.29) is 0 Å². The Morgan fingerprint density at radius 3 is 2.53 bits per heavy atom. The first-order valence-corrected chi connectivity index (χ1v) is 7.36. The summed E-state index contributed by atoms with van der Waals surface area (Å²) in [6.45, 7) is 4.06. The van der Waals surface area contributed by atoms with Crippen molar-refractivity contribution in [2.75, 3.05) is 0 Å². The number of hydrogen-bond acceptors (Lipinski definition) is 2. The van der Waals surface area contributed by atoms with Gasteiger partial charge in [0.15, 0.2) is 0 Å². The SMILES string of the molecule is Cc1ccc(C)c(Sc2cc(Br)ccc2C(=O)O)c1. The van der Waals surface area contributed by atoms with E-state index in [2.05, 4.69) is 34.1 Å². The van der Waals surface area contributed by atoms with Crippen molar-refractivity contribution in [3.05, 3.63) is 57.6 Å². The molecule has 0 bridgehead atoms. The first kappa shape index (κ1) is 14.2. The van der Waals surface area contributed by atoms with Crippen LogP contribution in [0.2, 0.25) is 0 Å². The van der Waals surface area contributed by atoms with Gasteiger partial charge in [0.25, 0.3) is 0 Å². The summed E-state index contributed by atoms with van der Waals surface area (Å²) >= 11 is 4.87. The smallest absolute Gasteiger partial charge is 0.336 e. The van der Waals surface area contributed by atoms with Crippen molar-refractivity contribution in [1.82, 2.24) is 0 Å². The van der Waals surface area contributed by atoms with E-state index in [9.17, 15) is 9.90 Å². The van der Waals surface area contributed by atoms with Crippen LogP contribution in [0, 0.1) is 13.8 Å². The third-order valence-corrected chi connectivity index (χ3v) is 4.45. The van der Waals surface area contributed by atoms with Crippen LogP contribution in [-0.4, -0.2) is 11.1 Å². The summed E-state index contributed by atoms with van der Waals surface area (Å²) in [5.74, 6) is -0.902. The van der Waals surface area contributed by atoms with Gasteiger partial charge in [-0.3, -0.25) is 0 Å². The second-order valence-electron chi connectivity index (χ2n) is 4.32. The monoisotopic (exact) mass is 336 g/mol. The van der Waals surface area contributed by atoms with Crippen molar-refractivity contribution in [3.63, 3.8) is 0 Å². The molecule has 0 heterocycles. The van der Waals surface area contributed by atoms with Crippen molar-refractivity contribution >= 4 is 33.7 Å². The molecular weight excluding hydrogens is 324 g/mol. The Bertz CT molecular complexity index is 638. The number of carboxylic acid groups (broad SMARTS) is 1. The number of rotatable bonds is 3. The molecule has 0 aromatic heterocycles. The van der Waals surface area contributed by atoms with E-state index >= 15 is 0 Å². The van der Waals surface area contributed by atoms with E-state index in [0.717, 1.165) is 19.8 Å². The molecule has 0 saturated carbocycles. The van der Waals surface area contributed by atoms with Gasteiger partial charge in [0.1, 0.15) is 0 Å². The van der Waals surface area contributed by atoms with Gasteiger partial charge in [-0.05, 0) is 49.2 Å². The van der Waals surface area contributed by atoms with Crippen LogP contribution in [0.3, 0.4) is 0 Å². The number of halogens is 1. The lowest BCUT2D eigenvalue weighted by molar-refractivity contribution is 0.0693. The Hall–Kier alpha value is -1.26. The molecule has 0 atom stereocenters. The summed E-state index contributed by atoms with van der Waals surface area (Å²) < 4.78 is 0.880. The summed E-state index contributed by atoms with van der Waals surface area (Å²) in [6.07, 6.45) is 0. The molecule has 0 radical (unpaired) electrons. The summed E-state index contributed by atoms with van der Waals surface area (Å²) in [6, 6.07) is 11.4. The molecule has 2 rings (SSSR count). The Morgan fingerprint density at radius 1 is 1.11 bits per heavy atom. The zero-order valence-electron chi connectivity index (χ0n) is 10.6. The van der Waals surface area contributed by atoms with Crippen LogP contribution in [0.25, 0.3) is 0 Å². The van der Waals surface area contributed by atoms with Gasteiger partial charge in [-0.15, -0.1) is 0 Å². The third kappa shape index (κ3) is 3.39. The predicted octanol–water partition coefficient (Wildman–Crippen LogP) is 4.92. The first-order chi connectivity index (χ1) is 8.97. The van der Waals surface area contributed by atoms with E-state index in [1.165, 1.54) is 17.3 Å². The van der Waals surface area contributed by atoms with Crippen LogP contribution in [0.1, 0.15) is 21.5 Å². The summed E-state index contributed by atoms with van der Waals surface area (Å²) in [4.78, 5) is 13.1. The number of aryl methyl sites for hydroxylation is 2. The molecule has 1 N–H and O–H groups in total. The highest BCUT2D eigenvalue weighted by atomic mass is 79.9. The molecule has 0 saturated heterocycles. The minimum Gasteiger partial charge on any atom is -0.478 e.